The molecule has 35 heavy (non-hydrogen) atoms. The molecule has 3 rings (SSSR count). The van der Waals surface area contributed by atoms with Crippen LogP contribution in [0.15, 0.2) is 16.6 Å². The standard InChI is InChI=1S/C14H14BrClO.S18/c1-13-3-4-14(2,7-13)10-6-11(15)8(12(16)17)5-9(10)13;1-3-5-7-9-11-13-15-17-18-16-14-12-10-8-6-4-2/h5-6H,3-4,7H2,1-2H3;. The highest BCUT2D eigenvalue weighted by molar-refractivity contribution is 9.10. The second-order valence-electron chi connectivity index (χ2n) is 7.04. The van der Waals surface area contributed by atoms with Crippen LogP contribution in [0.5, 0.6) is 0 Å². The Labute approximate surface area is 274 Å². The van der Waals surface area contributed by atoms with Crippen LogP contribution in [0.1, 0.15) is 54.6 Å². The molecule has 0 N–H and O–H groups in total. The van der Waals surface area contributed by atoms with Gasteiger partial charge in [0.1, 0.15) is 0 Å². The predicted octanol–water partition coefficient (Wildman–Crippen LogP) is 4.50. The molecular weight excluding hydrogens is 877 g/mol. The number of benzene rings is 1. The molecule has 1 saturated carbocycles. The summed E-state index contributed by atoms with van der Waals surface area (Å²) in [5.41, 5.74) is 3.87. The Bertz CT molecular complexity index is 1640. The zero-order valence-electron chi connectivity index (χ0n) is 17.3. The van der Waals surface area contributed by atoms with Gasteiger partial charge in [-0.05, 0) is 80.9 Å². The molecule has 0 aliphatic heterocycles. The highest BCUT2D eigenvalue weighted by Gasteiger charge is 2.53. The summed E-state index contributed by atoms with van der Waals surface area (Å²) in [7, 11) is 27.2. The third kappa shape index (κ3) is 11.8. The first kappa shape index (κ1) is 34.8. The maximum atomic E-state index is 11.4. The Balaban J connectivity index is 0.000000247. The lowest BCUT2D eigenvalue weighted by molar-refractivity contribution is 0.108. The van der Waals surface area contributed by atoms with Crippen LogP contribution in [0, 0.1) is 0 Å². The Morgan fingerprint density at radius 2 is 1.09 bits per heavy atom. The van der Waals surface area contributed by atoms with Crippen LogP contribution >= 0.6 is 27.5 Å². The van der Waals surface area contributed by atoms with Gasteiger partial charge < -0.3 is 0 Å². The Morgan fingerprint density at radius 1 is 0.743 bits per heavy atom. The summed E-state index contributed by atoms with van der Waals surface area (Å²) in [6.07, 6.45) is 3.66. The van der Waals surface area contributed by atoms with E-state index in [4.69, 9.17) is 34.0 Å². The van der Waals surface area contributed by atoms with Gasteiger partial charge in [-0.2, -0.15) is 0 Å². The molecule has 2 aliphatic rings. The van der Waals surface area contributed by atoms with E-state index in [1.807, 2.05) is 6.07 Å². The molecule has 0 radical (unpaired) electrons. The maximum Gasteiger partial charge on any atom is 0.253 e. The minimum atomic E-state index is -0.379. The van der Waals surface area contributed by atoms with Gasteiger partial charge in [0.15, 0.2) is 0 Å². The van der Waals surface area contributed by atoms with Crippen LogP contribution in [-0.2, 0) is 175 Å². The summed E-state index contributed by atoms with van der Waals surface area (Å²) in [5, 5.41) is -0.379. The summed E-state index contributed by atoms with van der Waals surface area (Å²) in [6.45, 7) is 4.64. The first-order chi connectivity index (χ1) is 16.8. The monoisotopic (exact) mass is 887 g/mol. The quantitative estimate of drug-likeness (QED) is 0.388. The van der Waals surface area contributed by atoms with Crippen molar-refractivity contribution in [3.8, 4) is 0 Å². The summed E-state index contributed by atoms with van der Waals surface area (Å²) in [6, 6.07) is 4.11. The summed E-state index contributed by atoms with van der Waals surface area (Å²) in [4.78, 5) is 11.4. The average molecular weight is 891 g/mol. The molecule has 0 saturated heterocycles. The third-order valence-electron chi connectivity index (χ3n) is 5.04. The van der Waals surface area contributed by atoms with Gasteiger partial charge in [-0.15, -0.1) is 0 Å². The zero-order chi connectivity index (χ0) is 25.7. The molecule has 198 valence electrons. The number of carbonyl (C=O) groups excluding carboxylic acids is 1. The van der Waals surface area contributed by atoms with E-state index in [2.05, 4.69) is 35.8 Å². The number of fused-ring (bicyclic) bond motifs is 5. The van der Waals surface area contributed by atoms with E-state index in [1.165, 1.54) is 48.2 Å². The van der Waals surface area contributed by atoms with Crippen LogP contribution in [-0.4, -0.2) is 5.24 Å². The van der Waals surface area contributed by atoms with E-state index in [0.717, 1.165) is 4.47 Å². The molecule has 2 unspecified atom stereocenters. The van der Waals surface area contributed by atoms with Gasteiger partial charge in [0.25, 0.3) is 5.24 Å². The van der Waals surface area contributed by atoms with Crippen LogP contribution in [0.4, 0.5) is 0 Å². The first-order valence-electron chi connectivity index (χ1n) is 8.73. The fraction of sp³-hybridized carbons (Fsp3) is 0.500. The van der Waals surface area contributed by atoms with Crippen molar-refractivity contribution in [3.63, 3.8) is 0 Å². The van der Waals surface area contributed by atoms with Gasteiger partial charge in [-0.1, -0.05) is 13.8 Å². The summed E-state index contributed by atoms with van der Waals surface area (Å²) in [5.74, 6) is 0. The van der Waals surface area contributed by atoms with Crippen molar-refractivity contribution in [1.82, 2.24) is 0 Å². The third-order valence-corrected chi connectivity index (χ3v) is 39.2. The van der Waals surface area contributed by atoms with Crippen molar-refractivity contribution < 1.29 is 4.79 Å². The molecule has 1 aromatic rings. The zero-order valence-corrected chi connectivity index (χ0v) is 34.3. The second kappa shape index (κ2) is 18.9. The van der Waals surface area contributed by atoms with E-state index < -0.39 is 0 Å². The first-order valence-corrected chi connectivity index (χ1v) is 32.6. The van der Waals surface area contributed by atoms with Gasteiger partial charge in [-0.25, -0.2) is 0 Å². The van der Waals surface area contributed by atoms with Gasteiger partial charge in [0, 0.05) is 175 Å². The van der Waals surface area contributed by atoms with Gasteiger partial charge in [0.2, 0.25) is 0 Å². The molecule has 2 aliphatic carbocycles. The Kier molecular flexibility index (Phi) is 18.8. The van der Waals surface area contributed by atoms with Crippen LogP contribution < -0.4 is 0 Å². The van der Waals surface area contributed by atoms with Crippen molar-refractivity contribution in [2.24, 2.45) is 0 Å². The molecule has 1 fully saturated rings. The minimum absolute atomic E-state index is 0.242. The van der Waals surface area contributed by atoms with Crippen molar-refractivity contribution in [2.45, 2.75) is 43.9 Å². The number of hydrogen-bond acceptors (Lipinski definition) is 3. The van der Waals surface area contributed by atoms with E-state index in [-0.39, 0.29) is 10.7 Å². The van der Waals surface area contributed by atoms with Crippen LogP contribution in [0.3, 0.4) is 0 Å². The molecule has 2 bridgehead atoms. The van der Waals surface area contributed by atoms with Crippen molar-refractivity contribution in [3.05, 3.63) is 33.3 Å². The molecule has 21 heteroatoms. The molecule has 0 amide bonds. The number of rotatable bonds is 1. The topological polar surface area (TPSA) is 17.1 Å². The molecule has 1 nitrogen and oxygen atoms in total. The molecule has 0 aromatic heterocycles. The lowest BCUT2D eigenvalue weighted by Crippen LogP contribution is -2.18. The lowest BCUT2D eigenvalue weighted by atomic mass is 9.78. The van der Waals surface area contributed by atoms with Gasteiger partial charge in [-0.3, -0.25) is 4.79 Å². The highest BCUT2D eigenvalue weighted by atomic mass is 79.9. The molecule has 0 heterocycles. The van der Waals surface area contributed by atoms with Crippen molar-refractivity contribution >= 4 is 197 Å². The fourth-order valence-corrected chi connectivity index (χ4v) is 43.1. The predicted molar refractivity (Wildman–Crippen MR) is 205 cm³/mol. The van der Waals surface area contributed by atoms with Gasteiger partial charge in [0.05, 0.1) is 0 Å². The van der Waals surface area contributed by atoms with Crippen LogP contribution in [0.2, 0.25) is 0 Å². The van der Waals surface area contributed by atoms with E-state index >= 15 is 0 Å². The van der Waals surface area contributed by atoms with E-state index in [9.17, 15) is 4.79 Å². The van der Waals surface area contributed by atoms with Crippen LogP contribution in [0.25, 0.3) is 0 Å². The smallest absolute Gasteiger partial charge is 0.253 e. The molecule has 1 aromatic carbocycles. The number of carbonyl (C=O) groups is 1. The number of halogens is 2. The molecule has 0 spiro atoms. The van der Waals surface area contributed by atoms with Crippen molar-refractivity contribution in [1.29, 1.82) is 0 Å². The largest absolute Gasteiger partial charge is 0.276 e. The normalized spacial score (nSPS) is 20.2. The SMILES string of the molecule is CC12CCC(C)(C1)c1cc(C(=O)Cl)c(Br)cc12.S=S=S=S=S=S=S=S=S=S=S=S=S=S=S=S=S=S. The lowest BCUT2D eigenvalue weighted by Gasteiger charge is -2.27. The Morgan fingerprint density at radius 3 is 1.43 bits per heavy atom. The number of hydrogen-bond donors (Lipinski definition) is 0. The second-order valence-corrected chi connectivity index (χ2v) is 36.5. The Hall–Kier alpha value is 3.62. The van der Waals surface area contributed by atoms with Gasteiger partial charge >= 0.3 is 0 Å². The molecular formula is C14H14BrClOS18. The maximum absolute atomic E-state index is 11.4. The van der Waals surface area contributed by atoms with E-state index in [1.54, 1.807) is 124 Å². The fourth-order valence-electron chi connectivity index (χ4n) is 3.93. The van der Waals surface area contributed by atoms with Crippen molar-refractivity contribution in [2.75, 3.05) is 0 Å². The molecule has 2 atom stereocenters. The van der Waals surface area contributed by atoms with E-state index in [0.29, 0.717) is 11.0 Å². The summed E-state index contributed by atoms with van der Waals surface area (Å²) >= 11 is 18.6. The summed E-state index contributed by atoms with van der Waals surface area (Å²) < 4.78 is 0.827. The highest BCUT2D eigenvalue weighted by Crippen LogP contribution is 2.61. The average Bonchev–Trinajstić information content (AvgIpc) is 3.26. The minimum Gasteiger partial charge on any atom is -0.276 e.